The van der Waals surface area contributed by atoms with E-state index < -0.39 is 0 Å². The predicted molar refractivity (Wildman–Crippen MR) is 537 cm³/mol. The Kier molecular flexibility index (Phi) is 27.3. The lowest BCUT2D eigenvalue weighted by atomic mass is 9.87. The molecule has 0 fully saturated rings. The van der Waals surface area contributed by atoms with Crippen LogP contribution in [0.15, 0.2) is 516 Å². The van der Waals surface area contributed by atoms with E-state index in [1.54, 1.807) is 0 Å². The molecule has 0 saturated carbocycles. The van der Waals surface area contributed by atoms with Gasteiger partial charge in [0.25, 0.3) is 0 Å². The van der Waals surface area contributed by atoms with Crippen LogP contribution >= 0.6 is 0 Å². The van der Waals surface area contributed by atoms with Crippen LogP contribution in [-0.4, -0.2) is 0 Å². The zero-order valence-electron chi connectivity index (χ0n) is 71.6. The van der Waals surface area contributed by atoms with E-state index in [-0.39, 0.29) is 0 Å². The van der Waals surface area contributed by atoms with Crippen molar-refractivity contribution in [2.45, 2.75) is 34.6 Å². The molecule has 0 aliphatic heterocycles. The van der Waals surface area contributed by atoms with Crippen LogP contribution in [0, 0.1) is 34.6 Å². The lowest BCUT2D eigenvalue weighted by molar-refractivity contribution is 1.45. The molecule has 0 aliphatic carbocycles. The number of aryl methyl sites for hydroxylation is 5. The molecule has 0 aliphatic rings. The first-order chi connectivity index (χ1) is 61.6. The molecule has 0 saturated heterocycles. The highest BCUT2D eigenvalue weighted by Gasteiger charge is 2.18. The van der Waals surface area contributed by atoms with Crippen molar-refractivity contribution >= 4 is 0 Å². The van der Waals surface area contributed by atoms with E-state index in [0.717, 1.165) is 0 Å². The van der Waals surface area contributed by atoms with Gasteiger partial charge in [0.15, 0.2) is 0 Å². The van der Waals surface area contributed by atoms with E-state index in [1.165, 1.54) is 195 Å². The molecule has 125 heavy (non-hydrogen) atoms. The Bertz CT molecular complexity index is 6740. The molecule has 0 N–H and O–H groups in total. The Morgan fingerprint density at radius 1 is 0.0960 bits per heavy atom. The smallest absolute Gasteiger partial charge is 0.00759 e. The first kappa shape index (κ1) is 83.1. The van der Waals surface area contributed by atoms with E-state index >= 15 is 0 Å². The molecule has 0 nitrogen and oxygen atoms in total. The number of hydrogen-bond acceptors (Lipinski definition) is 0. The van der Waals surface area contributed by atoms with Crippen LogP contribution in [0.25, 0.3) is 167 Å². The predicted octanol–water partition coefficient (Wildman–Crippen LogP) is 35.0. The summed E-state index contributed by atoms with van der Waals surface area (Å²) in [7, 11) is 0. The summed E-state index contributed by atoms with van der Waals surface area (Å²) in [6.07, 6.45) is 0. The van der Waals surface area contributed by atoms with E-state index in [1.807, 2.05) is 0 Å². The molecule has 20 aromatic carbocycles. The van der Waals surface area contributed by atoms with Crippen molar-refractivity contribution in [2.24, 2.45) is 0 Å². The van der Waals surface area contributed by atoms with Crippen molar-refractivity contribution < 1.29 is 0 Å². The van der Waals surface area contributed by atoms with E-state index in [4.69, 9.17) is 0 Å². The topological polar surface area (TPSA) is 0 Å². The molecule has 20 rings (SSSR count). The average molecular weight is 1600 g/mol. The minimum absolute atomic E-state index is 1.24. The highest BCUT2D eigenvalue weighted by molar-refractivity contribution is 5.95. The third-order valence-electron chi connectivity index (χ3n) is 23.0. The number of hydrogen-bond donors (Lipinski definition) is 0. The number of benzene rings is 20. The second kappa shape index (κ2) is 41.1. The Morgan fingerprint density at radius 3 is 0.688 bits per heavy atom. The molecule has 0 aromatic heterocycles. The summed E-state index contributed by atoms with van der Waals surface area (Å²) >= 11 is 0. The van der Waals surface area contributed by atoms with E-state index in [9.17, 15) is 0 Å². The summed E-state index contributed by atoms with van der Waals surface area (Å²) in [5.41, 5.74) is 44.3. The fourth-order valence-electron chi connectivity index (χ4n) is 16.6. The molecule has 0 atom stereocenters. The largest absolute Gasteiger partial charge is 0.0622 e. The monoisotopic (exact) mass is 1600 g/mol. The molecule has 0 heterocycles. The van der Waals surface area contributed by atoms with Crippen molar-refractivity contribution in [1.29, 1.82) is 0 Å². The van der Waals surface area contributed by atoms with Gasteiger partial charge in [0.05, 0.1) is 0 Å². The molecule has 600 valence electrons. The summed E-state index contributed by atoms with van der Waals surface area (Å²) in [5, 5.41) is 0. The SMILES string of the molecule is Cc1ccc(-c2cc(-c3ccccc3)cc(-c3ccccc3)c2)cc1.Cc1ccc(-c2ccccc2-c2ccccc2)c(-c2ccccc2)c1.Cc1cccc(-c2ccccc2-c2ccccc2)c1-c1ccccc1.Cc1ccccc1-c1cc(-c2ccccc2)cc(-c2ccccc2)c1.Cc1ccccc1-c1cccc(-c2ccccc2-c2ccccc2)c1. The molecule has 20 aromatic rings. The Balaban J connectivity index is 0.000000115. The van der Waals surface area contributed by atoms with Gasteiger partial charge in [-0.2, -0.15) is 0 Å². The van der Waals surface area contributed by atoms with Gasteiger partial charge in [-0.3, -0.25) is 0 Å². The Morgan fingerprint density at radius 2 is 0.312 bits per heavy atom. The van der Waals surface area contributed by atoms with Gasteiger partial charge in [-0.1, -0.05) is 484 Å². The van der Waals surface area contributed by atoms with Gasteiger partial charge in [-0.15, -0.1) is 0 Å². The minimum Gasteiger partial charge on any atom is -0.0622 e. The van der Waals surface area contributed by atoms with Crippen LogP contribution in [0.1, 0.15) is 27.8 Å². The maximum Gasteiger partial charge on any atom is -0.00759 e. The summed E-state index contributed by atoms with van der Waals surface area (Å²) in [5.74, 6) is 0. The first-order valence-corrected chi connectivity index (χ1v) is 43.2. The van der Waals surface area contributed by atoms with Gasteiger partial charge >= 0.3 is 0 Å². The van der Waals surface area contributed by atoms with Crippen molar-refractivity contribution in [3.8, 4) is 167 Å². The van der Waals surface area contributed by atoms with Crippen molar-refractivity contribution in [3.63, 3.8) is 0 Å². The van der Waals surface area contributed by atoms with Crippen molar-refractivity contribution in [2.75, 3.05) is 0 Å². The van der Waals surface area contributed by atoms with Crippen LogP contribution in [-0.2, 0) is 0 Å². The summed E-state index contributed by atoms with van der Waals surface area (Å²) in [6.45, 7) is 10.8. The highest BCUT2D eigenvalue weighted by atomic mass is 14.2. The van der Waals surface area contributed by atoms with Crippen LogP contribution in [0.4, 0.5) is 0 Å². The molecular formula is C125H100. The molecule has 0 bridgehead atoms. The summed E-state index contributed by atoms with van der Waals surface area (Å²) in [6, 6.07) is 183. The third kappa shape index (κ3) is 20.9. The van der Waals surface area contributed by atoms with Gasteiger partial charge in [-0.05, 0) is 261 Å². The van der Waals surface area contributed by atoms with E-state index in [2.05, 4.69) is 550 Å². The quantitative estimate of drug-likeness (QED) is 0.0960. The summed E-state index contributed by atoms with van der Waals surface area (Å²) < 4.78 is 0. The zero-order chi connectivity index (χ0) is 85.3. The lowest BCUT2D eigenvalue weighted by Crippen LogP contribution is -1.91. The van der Waals surface area contributed by atoms with Gasteiger partial charge in [0, 0.05) is 0 Å². The zero-order valence-corrected chi connectivity index (χ0v) is 71.6. The van der Waals surface area contributed by atoms with Crippen molar-refractivity contribution in [1.82, 2.24) is 0 Å². The molecule has 0 amide bonds. The molecule has 0 heteroatoms. The summed E-state index contributed by atoms with van der Waals surface area (Å²) in [4.78, 5) is 0. The molecule has 0 radical (unpaired) electrons. The Hall–Kier alpha value is -15.6. The van der Waals surface area contributed by atoms with Crippen molar-refractivity contribution in [3.05, 3.63) is 543 Å². The molecular weight excluding hydrogens is 1500 g/mol. The fraction of sp³-hybridized carbons (Fsp3) is 0.0400. The van der Waals surface area contributed by atoms with Crippen LogP contribution < -0.4 is 0 Å². The van der Waals surface area contributed by atoms with Crippen LogP contribution in [0.2, 0.25) is 0 Å². The van der Waals surface area contributed by atoms with Gasteiger partial charge in [0.2, 0.25) is 0 Å². The lowest BCUT2D eigenvalue weighted by Gasteiger charge is -2.16. The Labute approximate surface area is 739 Å². The molecule has 0 unspecified atom stereocenters. The third-order valence-corrected chi connectivity index (χ3v) is 23.0. The molecule has 0 spiro atoms. The van der Waals surface area contributed by atoms with E-state index in [0.29, 0.717) is 0 Å². The maximum atomic E-state index is 2.30. The van der Waals surface area contributed by atoms with Gasteiger partial charge in [-0.25, -0.2) is 0 Å². The minimum atomic E-state index is 1.24. The van der Waals surface area contributed by atoms with Gasteiger partial charge < -0.3 is 0 Å². The van der Waals surface area contributed by atoms with Gasteiger partial charge in [0.1, 0.15) is 0 Å². The standard InChI is InChI=1S/5C25H20/c1-19-11-10-18-24(25(19)21-14-6-3-7-15-21)23-17-9-8-16-22(23)20-12-4-2-5-13-20;1-19-10-8-9-15-25(19)24-17-22(20-11-4-2-5-12-20)16-23(18-24)21-13-6-3-7-14-21;1-19-16-17-24(25(18-19)21-12-6-3-7-13-21)23-15-9-8-14-22(23)20-10-4-2-5-11-20;1-19-12-14-22(15-13-19)25-17-23(20-8-4-2-5-9-20)16-24(18-25)21-10-6-3-7-11-21;1-19-10-5-6-15-23(19)21-13-9-14-22(18-21)25-17-8-7-16-24(25)20-11-3-2-4-12-20/h5*2-18H,1H3. The number of rotatable bonds is 15. The highest BCUT2D eigenvalue weighted by Crippen LogP contribution is 2.43. The second-order valence-corrected chi connectivity index (χ2v) is 31.7. The average Bonchev–Trinajstić information content (AvgIpc) is 0.792. The van der Waals surface area contributed by atoms with Crippen LogP contribution in [0.5, 0.6) is 0 Å². The first-order valence-electron chi connectivity index (χ1n) is 43.2. The second-order valence-electron chi connectivity index (χ2n) is 31.7. The van der Waals surface area contributed by atoms with Crippen LogP contribution in [0.3, 0.4) is 0 Å². The maximum absolute atomic E-state index is 2.30. The fourth-order valence-corrected chi connectivity index (χ4v) is 16.6. The normalized spacial score (nSPS) is 10.6.